The summed E-state index contributed by atoms with van der Waals surface area (Å²) in [5.41, 5.74) is 6.68. The Morgan fingerprint density at radius 3 is 2.69 bits per heavy atom. The number of carbonyl (C=O) groups excluding carboxylic acids is 1. The van der Waals surface area contributed by atoms with Crippen LogP contribution in [0.3, 0.4) is 0 Å². The van der Waals surface area contributed by atoms with Crippen LogP contribution in [-0.2, 0) is 16.1 Å². The Bertz CT molecular complexity index is 386. The lowest BCUT2D eigenvalue weighted by Gasteiger charge is -2.09. The average Bonchev–Trinajstić information content (AvgIpc) is 2.74. The van der Waals surface area contributed by atoms with Gasteiger partial charge in [0.25, 0.3) is 0 Å². The Labute approximate surface area is 94.9 Å². The number of ether oxygens (including phenoxy) is 1. The molecule has 0 bridgehead atoms. The van der Waals surface area contributed by atoms with Crippen molar-refractivity contribution >= 4 is 5.97 Å². The largest absolute Gasteiger partial charge is 0.460 e. The van der Waals surface area contributed by atoms with Gasteiger partial charge in [-0.05, 0) is 12.0 Å². The maximum absolute atomic E-state index is 11.6. The molecule has 0 amide bonds. The van der Waals surface area contributed by atoms with Gasteiger partial charge in [-0.15, -0.1) is 0 Å². The Balaban J connectivity index is 1.83. The lowest BCUT2D eigenvalue weighted by atomic mass is 10.1. The molecule has 3 nitrogen and oxygen atoms in total. The molecule has 2 atom stereocenters. The van der Waals surface area contributed by atoms with Gasteiger partial charge in [-0.2, -0.15) is 0 Å². The molecule has 0 aromatic heterocycles. The van der Waals surface area contributed by atoms with E-state index >= 15 is 0 Å². The third-order valence-electron chi connectivity index (χ3n) is 2.64. The van der Waals surface area contributed by atoms with Crippen LogP contribution in [0.2, 0.25) is 0 Å². The van der Waals surface area contributed by atoms with E-state index in [1.165, 1.54) is 0 Å². The van der Waals surface area contributed by atoms with Crippen LogP contribution >= 0.6 is 0 Å². The number of esters is 1. The predicted molar refractivity (Wildman–Crippen MR) is 61.5 cm³/mol. The highest BCUT2D eigenvalue weighted by atomic mass is 16.5. The van der Waals surface area contributed by atoms with Crippen LogP contribution in [0.4, 0.5) is 0 Å². The minimum absolute atomic E-state index is 0.00530. The van der Waals surface area contributed by atoms with Gasteiger partial charge in [0.05, 0.1) is 5.92 Å². The van der Waals surface area contributed by atoms with Crippen molar-refractivity contribution < 1.29 is 9.53 Å². The van der Waals surface area contributed by atoms with Gasteiger partial charge in [-0.3, -0.25) is 4.79 Å². The molecule has 2 rings (SSSR count). The lowest BCUT2D eigenvalue weighted by molar-refractivity contribution is -0.148. The maximum atomic E-state index is 11.6. The van der Waals surface area contributed by atoms with Gasteiger partial charge in [0, 0.05) is 6.04 Å². The topological polar surface area (TPSA) is 52.3 Å². The fourth-order valence-corrected chi connectivity index (χ4v) is 1.74. The number of hydrogen-bond donors (Lipinski definition) is 1. The third kappa shape index (κ3) is 2.70. The predicted octanol–water partition coefficient (Wildman–Crippen LogP) is 1.63. The Morgan fingerprint density at radius 1 is 1.31 bits per heavy atom. The van der Waals surface area contributed by atoms with Crippen molar-refractivity contribution in [3.63, 3.8) is 0 Å². The second-order valence-corrected chi connectivity index (χ2v) is 3.98. The van der Waals surface area contributed by atoms with Gasteiger partial charge >= 0.3 is 5.97 Å². The molecular formula is C13H15NO2. The molecule has 0 saturated heterocycles. The highest BCUT2D eigenvalue weighted by molar-refractivity contribution is 5.75. The Morgan fingerprint density at radius 2 is 2.06 bits per heavy atom. The summed E-state index contributed by atoms with van der Waals surface area (Å²) in [5.74, 6) is -0.355. The molecule has 1 aromatic carbocycles. The van der Waals surface area contributed by atoms with Crippen LogP contribution in [0, 0.1) is 5.92 Å². The van der Waals surface area contributed by atoms with E-state index in [0.717, 1.165) is 5.56 Å². The molecule has 0 heterocycles. The fraction of sp³-hybridized carbons (Fsp3) is 0.308. The van der Waals surface area contributed by atoms with Crippen LogP contribution in [0.5, 0.6) is 0 Å². The molecule has 3 heteroatoms. The molecule has 0 radical (unpaired) electrons. The van der Waals surface area contributed by atoms with Crippen molar-refractivity contribution in [1.82, 2.24) is 0 Å². The minimum Gasteiger partial charge on any atom is -0.460 e. The van der Waals surface area contributed by atoms with Gasteiger partial charge in [-0.1, -0.05) is 42.5 Å². The number of benzene rings is 1. The molecule has 2 unspecified atom stereocenters. The van der Waals surface area contributed by atoms with E-state index in [1.807, 2.05) is 42.5 Å². The standard InChI is InChI=1S/C13H15NO2/c14-12-7-6-11(8-12)13(15)16-9-10-4-2-1-3-5-10/h1-7,11-12H,8-9,14H2. The van der Waals surface area contributed by atoms with Crippen molar-refractivity contribution in [2.45, 2.75) is 19.1 Å². The zero-order valence-electron chi connectivity index (χ0n) is 9.00. The second kappa shape index (κ2) is 4.94. The molecule has 0 aliphatic heterocycles. The fourth-order valence-electron chi connectivity index (χ4n) is 1.74. The van der Waals surface area contributed by atoms with Crippen molar-refractivity contribution in [2.24, 2.45) is 11.7 Å². The summed E-state index contributed by atoms with van der Waals surface area (Å²) in [4.78, 5) is 11.6. The van der Waals surface area contributed by atoms with Gasteiger partial charge in [0.1, 0.15) is 6.61 Å². The first kappa shape index (κ1) is 10.9. The summed E-state index contributed by atoms with van der Waals surface area (Å²) in [6, 6.07) is 9.65. The van der Waals surface area contributed by atoms with E-state index in [4.69, 9.17) is 10.5 Å². The first-order valence-corrected chi connectivity index (χ1v) is 5.40. The molecule has 1 aliphatic rings. The lowest BCUT2D eigenvalue weighted by Crippen LogP contribution is -2.20. The van der Waals surface area contributed by atoms with E-state index in [-0.39, 0.29) is 17.9 Å². The molecule has 0 saturated carbocycles. The summed E-state index contributed by atoms with van der Waals surface area (Å²) in [6.45, 7) is 0.333. The van der Waals surface area contributed by atoms with Crippen LogP contribution in [0.25, 0.3) is 0 Å². The van der Waals surface area contributed by atoms with Crippen molar-refractivity contribution in [1.29, 1.82) is 0 Å². The Kier molecular flexibility index (Phi) is 3.37. The molecule has 16 heavy (non-hydrogen) atoms. The SMILES string of the molecule is NC1C=CC(C(=O)OCc2ccccc2)C1. The molecule has 1 aliphatic carbocycles. The van der Waals surface area contributed by atoms with Crippen molar-refractivity contribution in [3.05, 3.63) is 48.0 Å². The summed E-state index contributed by atoms with van der Waals surface area (Å²) in [6.07, 6.45) is 4.35. The minimum atomic E-state index is -0.187. The first-order chi connectivity index (χ1) is 7.75. The smallest absolute Gasteiger partial charge is 0.313 e. The zero-order valence-corrected chi connectivity index (χ0v) is 9.00. The quantitative estimate of drug-likeness (QED) is 0.618. The average molecular weight is 217 g/mol. The normalized spacial score (nSPS) is 23.3. The van der Waals surface area contributed by atoms with Crippen LogP contribution < -0.4 is 5.73 Å². The van der Waals surface area contributed by atoms with Crippen LogP contribution in [0.15, 0.2) is 42.5 Å². The van der Waals surface area contributed by atoms with E-state index in [2.05, 4.69) is 0 Å². The van der Waals surface area contributed by atoms with Crippen LogP contribution in [0.1, 0.15) is 12.0 Å². The number of nitrogens with two attached hydrogens (primary N) is 1. The summed E-state index contributed by atoms with van der Waals surface area (Å²) in [5, 5.41) is 0. The Hall–Kier alpha value is -1.61. The second-order valence-electron chi connectivity index (χ2n) is 3.98. The zero-order chi connectivity index (χ0) is 11.4. The number of rotatable bonds is 3. The summed E-state index contributed by atoms with van der Waals surface area (Å²) >= 11 is 0. The molecule has 1 aromatic rings. The maximum Gasteiger partial charge on any atom is 0.313 e. The third-order valence-corrected chi connectivity index (χ3v) is 2.64. The van der Waals surface area contributed by atoms with Crippen molar-refractivity contribution in [3.8, 4) is 0 Å². The molecule has 84 valence electrons. The number of hydrogen-bond acceptors (Lipinski definition) is 3. The van der Waals surface area contributed by atoms with Gasteiger partial charge < -0.3 is 10.5 Å². The van der Waals surface area contributed by atoms with E-state index < -0.39 is 0 Å². The highest BCUT2D eigenvalue weighted by Crippen LogP contribution is 2.18. The summed E-state index contributed by atoms with van der Waals surface area (Å²) < 4.78 is 5.21. The first-order valence-electron chi connectivity index (χ1n) is 5.40. The van der Waals surface area contributed by atoms with Gasteiger partial charge in [0.2, 0.25) is 0 Å². The van der Waals surface area contributed by atoms with Gasteiger partial charge in [-0.25, -0.2) is 0 Å². The molecule has 2 N–H and O–H groups in total. The van der Waals surface area contributed by atoms with Crippen LogP contribution in [-0.4, -0.2) is 12.0 Å². The molecule has 0 fully saturated rings. The number of carbonyl (C=O) groups is 1. The van der Waals surface area contributed by atoms with E-state index in [9.17, 15) is 4.79 Å². The summed E-state index contributed by atoms with van der Waals surface area (Å²) in [7, 11) is 0. The van der Waals surface area contributed by atoms with Gasteiger partial charge in [0.15, 0.2) is 0 Å². The van der Waals surface area contributed by atoms with E-state index in [0.29, 0.717) is 13.0 Å². The monoisotopic (exact) mass is 217 g/mol. The molecule has 0 spiro atoms. The van der Waals surface area contributed by atoms with E-state index in [1.54, 1.807) is 0 Å². The molecular weight excluding hydrogens is 202 g/mol. The highest BCUT2D eigenvalue weighted by Gasteiger charge is 2.23. The van der Waals surface area contributed by atoms with Crippen molar-refractivity contribution in [2.75, 3.05) is 0 Å².